The quantitative estimate of drug-likeness (QED) is 0.535. The average molecular weight is 465 g/mol. The molecule has 168 valence electrons. The molecule has 1 fully saturated rings. The summed E-state index contributed by atoms with van der Waals surface area (Å²) in [7, 11) is -2.55. The van der Waals surface area contributed by atoms with Gasteiger partial charge in [-0.2, -0.15) is 0 Å². The van der Waals surface area contributed by atoms with E-state index in [9.17, 15) is 0 Å². The molecule has 3 nitrogen and oxygen atoms in total. The third kappa shape index (κ3) is 4.64. The second-order valence-electron chi connectivity index (χ2n) is 9.50. The van der Waals surface area contributed by atoms with Crippen molar-refractivity contribution in [3.63, 3.8) is 0 Å². The van der Waals surface area contributed by atoms with Gasteiger partial charge in [-0.05, 0) is 39.7 Å². The zero-order valence-corrected chi connectivity index (χ0v) is 21.0. The Bertz CT molecular complexity index is 950. The predicted molar refractivity (Wildman–Crippen MR) is 139 cm³/mol. The molecule has 5 heteroatoms. The molecule has 1 heterocycles. The van der Waals surface area contributed by atoms with Crippen molar-refractivity contribution in [1.29, 1.82) is 0 Å². The number of anilines is 1. The van der Waals surface area contributed by atoms with Gasteiger partial charge in [-0.3, -0.25) is 0 Å². The van der Waals surface area contributed by atoms with Crippen LogP contribution in [-0.2, 0) is 4.43 Å². The Morgan fingerprint density at radius 1 is 0.906 bits per heavy atom. The van der Waals surface area contributed by atoms with E-state index in [-0.39, 0.29) is 11.1 Å². The molecule has 0 radical (unpaired) electrons. The minimum absolute atomic E-state index is 0.0249. The second-order valence-corrected chi connectivity index (χ2v) is 14.2. The van der Waals surface area contributed by atoms with E-state index in [1.807, 2.05) is 12.1 Å². The predicted octanol–water partition coefficient (Wildman–Crippen LogP) is 4.69. The van der Waals surface area contributed by atoms with Crippen LogP contribution in [0.3, 0.4) is 0 Å². The number of hydrogen-bond acceptors (Lipinski definition) is 3. The van der Waals surface area contributed by atoms with Crippen molar-refractivity contribution < 1.29 is 4.43 Å². The van der Waals surface area contributed by atoms with Gasteiger partial charge in [0.2, 0.25) is 0 Å². The van der Waals surface area contributed by atoms with Gasteiger partial charge >= 0.3 is 0 Å². The monoisotopic (exact) mass is 464 g/mol. The third-order valence-electron chi connectivity index (χ3n) is 6.42. The summed E-state index contributed by atoms with van der Waals surface area (Å²) in [6.45, 7) is 10.5. The third-order valence-corrected chi connectivity index (χ3v) is 11.7. The summed E-state index contributed by atoms with van der Waals surface area (Å²) in [6.07, 6.45) is 0. The molecular weight excluding hydrogens is 432 g/mol. The van der Waals surface area contributed by atoms with E-state index in [0.717, 1.165) is 24.7 Å². The normalized spacial score (nSPS) is 17.4. The number of hydrogen-bond donors (Lipinski definition) is 1. The molecule has 1 saturated heterocycles. The molecule has 4 rings (SSSR count). The molecule has 1 atom stereocenters. The summed E-state index contributed by atoms with van der Waals surface area (Å²) in [5, 5.41) is 6.95. The molecule has 0 amide bonds. The van der Waals surface area contributed by atoms with E-state index < -0.39 is 8.32 Å². The topological polar surface area (TPSA) is 24.5 Å². The van der Waals surface area contributed by atoms with Gasteiger partial charge in [0.15, 0.2) is 0 Å². The summed E-state index contributed by atoms with van der Waals surface area (Å²) >= 11 is 6.14. The molecule has 0 saturated carbocycles. The minimum atomic E-state index is -2.55. The van der Waals surface area contributed by atoms with Crippen LogP contribution >= 0.6 is 11.6 Å². The van der Waals surface area contributed by atoms with Crippen molar-refractivity contribution in [2.24, 2.45) is 0 Å². The van der Waals surface area contributed by atoms with Crippen molar-refractivity contribution in [1.82, 2.24) is 5.32 Å². The highest BCUT2D eigenvalue weighted by molar-refractivity contribution is 6.99. The van der Waals surface area contributed by atoms with E-state index >= 15 is 0 Å². The summed E-state index contributed by atoms with van der Waals surface area (Å²) in [5.41, 5.74) is 1.20. The number of rotatable bonds is 6. The molecule has 0 spiro atoms. The van der Waals surface area contributed by atoms with Crippen molar-refractivity contribution in [3.05, 3.63) is 90.0 Å². The van der Waals surface area contributed by atoms with Crippen LogP contribution in [0.25, 0.3) is 0 Å². The zero-order valence-electron chi connectivity index (χ0n) is 19.2. The van der Waals surface area contributed by atoms with Gasteiger partial charge in [0.1, 0.15) is 0 Å². The van der Waals surface area contributed by atoms with Crippen molar-refractivity contribution in [3.8, 4) is 0 Å². The molecule has 0 aromatic heterocycles. The smallest absolute Gasteiger partial charge is 0.261 e. The first-order chi connectivity index (χ1) is 15.4. The van der Waals surface area contributed by atoms with Crippen LogP contribution in [0, 0.1) is 0 Å². The van der Waals surface area contributed by atoms with Crippen LogP contribution in [0.1, 0.15) is 20.8 Å². The van der Waals surface area contributed by atoms with E-state index in [1.165, 1.54) is 16.1 Å². The van der Waals surface area contributed by atoms with Crippen LogP contribution in [0.2, 0.25) is 10.1 Å². The van der Waals surface area contributed by atoms with E-state index in [0.29, 0.717) is 6.61 Å². The molecule has 3 aromatic carbocycles. The largest absolute Gasteiger partial charge is 0.405 e. The highest BCUT2D eigenvalue weighted by atomic mass is 35.5. The lowest BCUT2D eigenvalue weighted by atomic mass is 10.1. The minimum Gasteiger partial charge on any atom is -0.405 e. The molecular formula is C27H33ClN2OSi. The van der Waals surface area contributed by atoms with Crippen molar-refractivity contribution in [2.45, 2.75) is 31.9 Å². The lowest BCUT2D eigenvalue weighted by Gasteiger charge is -2.45. The molecule has 1 aliphatic rings. The number of benzene rings is 3. The maximum Gasteiger partial charge on any atom is 0.261 e. The molecule has 3 aromatic rings. The number of halogens is 1. The summed E-state index contributed by atoms with van der Waals surface area (Å²) in [4.78, 5) is 2.46. The van der Waals surface area contributed by atoms with E-state index in [2.05, 4.69) is 104 Å². The maximum atomic E-state index is 7.21. The zero-order chi connectivity index (χ0) is 22.6. The summed E-state index contributed by atoms with van der Waals surface area (Å²) in [6, 6.07) is 30.1. The van der Waals surface area contributed by atoms with Crippen LogP contribution in [0.15, 0.2) is 84.9 Å². The molecule has 1 unspecified atom stereocenters. The van der Waals surface area contributed by atoms with Crippen molar-refractivity contribution >= 4 is 36.0 Å². The maximum absolute atomic E-state index is 7.21. The van der Waals surface area contributed by atoms with Gasteiger partial charge < -0.3 is 14.6 Å². The first-order valence-corrected chi connectivity index (χ1v) is 13.7. The number of nitrogens with one attached hydrogen (secondary N) is 1. The number of piperazine rings is 1. The van der Waals surface area contributed by atoms with Crippen LogP contribution < -0.4 is 20.6 Å². The molecule has 1 N–H and O–H groups in total. The standard InChI is InChI=1S/C27H33ClN2OSi/c1-27(2,3)32(25-10-6-4-7-11-25,26-12-8-5-9-13-26)31-21-24-20-29-18-19-30(24)23-16-14-22(28)15-17-23/h4-17,24,29H,18-21H2,1-3H3. The Labute approximate surface area is 198 Å². The fourth-order valence-electron chi connectivity index (χ4n) is 4.87. The van der Waals surface area contributed by atoms with Gasteiger partial charge in [-0.1, -0.05) is 93.0 Å². The first-order valence-electron chi connectivity index (χ1n) is 11.4. The van der Waals surface area contributed by atoms with Crippen LogP contribution in [-0.4, -0.2) is 40.6 Å². The lowest BCUT2D eigenvalue weighted by molar-refractivity contribution is 0.253. The van der Waals surface area contributed by atoms with Crippen LogP contribution in [0.5, 0.6) is 0 Å². The second kappa shape index (κ2) is 9.80. The fraction of sp³-hybridized carbons (Fsp3) is 0.333. The molecule has 32 heavy (non-hydrogen) atoms. The SMILES string of the molecule is CC(C)(C)[Si](OCC1CNCCN1c1ccc(Cl)cc1)(c1ccccc1)c1ccccc1. The first kappa shape index (κ1) is 23.1. The van der Waals surface area contributed by atoms with Gasteiger partial charge in [-0.15, -0.1) is 0 Å². The Kier molecular flexibility index (Phi) is 7.06. The molecule has 0 bridgehead atoms. The van der Waals surface area contributed by atoms with Crippen molar-refractivity contribution in [2.75, 3.05) is 31.1 Å². The molecule has 0 aliphatic carbocycles. The average Bonchev–Trinajstić information content (AvgIpc) is 2.81. The fourth-order valence-corrected chi connectivity index (χ4v) is 9.59. The Morgan fingerprint density at radius 2 is 1.47 bits per heavy atom. The van der Waals surface area contributed by atoms with Gasteiger partial charge in [0.05, 0.1) is 12.6 Å². The van der Waals surface area contributed by atoms with E-state index in [4.69, 9.17) is 16.0 Å². The van der Waals surface area contributed by atoms with E-state index in [1.54, 1.807) is 0 Å². The Balaban J connectivity index is 1.70. The Morgan fingerprint density at radius 3 is 2.00 bits per heavy atom. The summed E-state index contributed by atoms with van der Waals surface area (Å²) < 4.78 is 7.21. The van der Waals surface area contributed by atoms with Gasteiger partial charge in [0, 0.05) is 30.3 Å². The highest BCUT2D eigenvalue weighted by Gasteiger charge is 2.50. The van der Waals surface area contributed by atoms with Crippen LogP contribution in [0.4, 0.5) is 5.69 Å². The van der Waals surface area contributed by atoms with Gasteiger partial charge in [-0.25, -0.2) is 0 Å². The number of nitrogens with zero attached hydrogens (tertiary/aromatic N) is 1. The highest BCUT2D eigenvalue weighted by Crippen LogP contribution is 2.37. The lowest BCUT2D eigenvalue weighted by Crippen LogP contribution is -2.68. The Hall–Kier alpha value is -2.11. The summed E-state index contributed by atoms with van der Waals surface area (Å²) in [5.74, 6) is 0. The van der Waals surface area contributed by atoms with Gasteiger partial charge in [0.25, 0.3) is 8.32 Å². The molecule has 1 aliphatic heterocycles.